The van der Waals surface area contributed by atoms with Crippen LogP contribution < -0.4 is 21.5 Å². The summed E-state index contributed by atoms with van der Waals surface area (Å²) >= 11 is 0. The van der Waals surface area contributed by atoms with Crippen molar-refractivity contribution in [1.29, 1.82) is 0 Å². The molecule has 1 aromatic heterocycles. The summed E-state index contributed by atoms with van der Waals surface area (Å²) < 4.78 is 6.87. The molecule has 2 nitrogen and oxygen atoms in total. The molecule has 38 heavy (non-hydrogen) atoms. The molecule has 3 heteroatoms. The Morgan fingerprint density at radius 1 is 0.658 bits per heavy atom. The van der Waals surface area contributed by atoms with Crippen molar-refractivity contribution in [1.82, 2.24) is 0 Å². The third-order valence-electron chi connectivity index (χ3n) is 7.99. The standard InChI is InChI=1S/C35H28BNO/c1-24-14-13-22-31-34(24)36(29-20-10-11-21-30(29)37(31)27-17-7-4-8-18-27)35-33(25(2)26-15-5-3-6-16-26)28-19-9-12-23-32(28)38-35/h3-23,25H,1-2H3/t25-/m1/s1. The van der Waals surface area contributed by atoms with Gasteiger partial charge in [0, 0.05) is 28.4 Å². The minimum Gasteiger partial charge on any atom is -0.470 e. The first kappa shape index (κ1) is 22.7. The Bertz CT molecular complexity index is 1760. The van der Waals surface area contributed by atoms with E-state index in [1.54, 1.807) is 0 Å². The molecule has 1 aliphatic rings. The molecule has 0 bridgehead atoms. The van der Waals surface area contributed by atoms with Crippen LogP contribution in [0.5, 0.6) is 0 Å². The van der Waals surface area contributed by atoms with Crippen molar-refractivity contribution in [2.24, 2.45) is 0 Å². The van der Waals surface area contributed by atoms with Crippen molar-refractivity contribution in [3.05, 3.63) is 144 Å². The second-order valence-corrected chi connectivity index (χ2v) is 10.2. The van der Waals surface area contributed by atoms with Gasteiger partial charge in [-0.25, -0.2) is 0 Å². The Kier molecular flexibility index (Phi) is 5.44. The third-order valence-corrected chi connectivity index (χ3v) is 7.99. The minimum atomic E-state index is -0.0177. The number of para-hydroxylation sites is 3. The number of hydrogen-bond acceptors (Lipinski definition) is 2. The SMILES string of the molecule is Cc1cccc2c1B(c1oc3ccccc3c1[C@H](C)c1ccccc1)c1ccccc1N2c1ccccc1. The lowest BCUT2D eigenvalue weighted by Crippen LogP contribution is -2.58. The molecule has 0 saturated carbocycles. The van der Waals surface area contributed by atoms with E-state index in [2.05, 4.69) is 146 Å². The van der Waals surface area contributed by atoms with Gasteiger partial charge in [-0.1, -0.05) is 110 Å². The van der Waals surface area contributed by atoms with Gasteiger partial charge in [0.25, 0.3) is 6.71 Å². The predicted octanol–water partition coefficient (Wildman–Crippen LogP) is 7.19. The molecule has 7 rings (SSSR count). The van der Waals surface area contributed by atoms with Crippen LogP contribution >= 0.6 is 0 Å². The van der Waals surface area contributed by atoms with Crippen molar-refractivity contribution in [3.8, 4) is 0 Å². The zero-order chi connectivity index (χ0) is 25.6. The van der Waals surface area contributed by atoms with Crippen LogP contribution in [-0.2, 0) is 0 Å². The number of hydrogen-bond donors (Lipinski definition) is 0. The van der Waals surface area contributed by atoms with Gasteiger partial charge in [-0.3, -0.25) is 0 Å². The maximum absolute atomic E-state index is 6.87. The number of anilines is 3. The Labute approximate surface area is 224 Å². The lowest BCUT2D eigenvalue weighted by molar-refractivity contribution is 0.645. The fourth-order valence-corrected chi connectivity index (χ4v) is 6.24. The molecule has 182 valence electrons. The molecule has 6 aromatic rings. The Morgan fingerprint density at radius 3 is 2.13 bits per heavy atom. The van der Waals surface area contributed by atoms with Gasteiger partial charge < -0.3 is 9.32 Å². The number of furan rings is 1. The van der Waals surface area contributed by atoms with Gasteiger partial charge in [-0.15, -0.1) is 0 Å². The van der Waals surface area contributed by atoms with Crippen LogP contribution in [0.4, 0.5) is 17.1 Å². The fourth-order valence-electron chi connectivity index (χ4n) is 6.24. The van der Waals surface area contributed by atoms with E-state index in [0.717, 1.165) is 16.9 Å². The molecule has 5 aromatic carbocycles. The maximum atomic E-state index is 6.87. The van der Waals surface area contributed by atoms with Crippen LogP contribution in [-0.4, -0.2) is 6.71 Å². The highest BCUT2D eigenvalue weighted by atomic mass is 16.3. The third kappa shape index (κ3) is 3.50. The summed E-state index contributed by atoms with van der Waals surface area (Å²) in [6.45, 7) is 4.52. The second-order valence-electron chi connectivity index (χ2n) is 10.2. The molecule has 0 fully saturated rings. The Hall–Kier alpha value is -4.50. The maximum Gasteiger partial charge on any atom is 0.292 e. The van der Waals surface area contributed by atoms with E-state index in [4.69, 9.17) is 4.42 Å². The van der Waals surface area contributed by atoms with Gasteiger partial charge in [0.2, 0.25) is 0 Å². The van der Waals surface area contributed by atoms with E-state index >= 15 is 0 Å². The Morgan fingerprint density at radius 2 is 1.32 bits per heavy atom. The number of rotatable bonds is 4. The lowest BCUT2D eigenvalue weighted by Gasteiger charge is -2.37. The average Bonchev–Trinajstić information content (AvgIpc) is 3.36. The van der Waals surface area contributed by atoms with Crippen molar-refractivity contribution in [3.63, 3.8) is 0 Å². The van der Waals surface area contributed by atoms with Crippen molar-refractivity contribution in [2.75, 3.05) is 4.90 Å². The van der Waals surface area contributed by atoms with Gasteiger partial charge in [0.1, 0.15) is 5.58 Å². The molecule has 0 N–H and O–H groups in total. The largest absolute Gasteiger partial charge is 0.470 e. The quantitative estimate of drug-likeness (QED) is 0.243. The van der Waals surface area contributed by atoms with Crippen LogP contribution in [0.1, 0.15) is 29.5 Å². The predicted molar refractivity (Wildman–Crippen MR) is 161 cm³/mol. The first-order chi connectivity index (χ1) is 18.7. The average molecular weight is 489 g/mol. The summed E-state index contributed by atoms with van der Waals surface area (Å²) in [6, 6.07) is 45.4. The zero-order valence-corrected chi connectivity index (χ0v) is 21.6. The summed E-state index contributed by atoms with van der Waals surface area (Å²) in [4.78, 5) is 2.40. The molecule has 0 amide bonds. The molecule has 0 radical (unpaired) electrons. The van der Waals surface area contributed by atoms with E-state index in [-0.39, 0.29) is 12.6 Å². The van der Waals surface area contributed by atoms with Gasteiger partial charge in [0.05, 0.1) is 5.66 Å². The molecular weight excluding hydrogens is 461 g/mol. The van der Waals surface area contributed by atoms with Crippen LogP contribution in [0.15, 0.2) is 132 Å². The highest BCUT2D eigenvalue weighted by molar-refractivity contribution is 6.98. The molecule has 0 saturated heterocycles. The summed E-state index contributed by atoms with van der Waals surface area (Å²) in [5.41, 5.74) is 11.9. The summed E-state index contributed by atoms with van der Waals surface area (Å²) in [5.74, 6) is 0.182. The number of nitrogens with zero attached hydrogens (tertiary/aromatic N) is 1. The fraction of sp³-hybridized carbons (Fsp3) is 0.0857. The molecule has 1 atom stereocenters. The van der Waals surface area contributed by atoms with Crippen LogP contribution in [0.2, 0.25) is 0 Å². The van der Waals surface area contributed by atoms with Crippen molar-refractivity contribution in [2.45, 2.75) is 19.8 Å². The van der Waals surface area contributed by atoms with Gasteiger partial charge in [-0.05, 0) is 59.3 Å². The van der Waals surface area contributed by atoms with E-state index in [1.165, 1.54) is 44.4 Å². The summed E-state index contributed by atoms with van der Waals surface area (Å²) in [5, 5.41) is 1.19. The topological polar surface area (TPSA) is 16.4 Å². The molecular formula is C35H28BNO. The van der Waals surface area contributed by atoms with E-state index in [0.29, 0.717) is 0 Å². The second kappa shape index (κ2) is 9.11. The first-order valence-corrected chi connectivity index (χ1v) is 13.3. The van der Waals surface area contributed by atoms with Crippen LogP contribution in [0.25, 0.3) is 11.0 Å². The highest BCUT2D eigenvalue weighted by Crippen LogP contribution is 2.38. The van der Waals surface area contributed by atoms with E-state index in [9.17, 15) is 0 Å². The first-order valence-electron chi connectivity index (χ1n) is 13.3. The van der Waals surface area contributed by atoms with E-state index in [1.807, 2.05) is 0 Å². The Balaban J connectivity index is 1.54. The minimum absolute atomic E-state index is 0.0177. The number of fused-ring (bicyclic) bond motifs is 3. The summed E-state index contributed by atoms with van der Waals surface area (Å²) in [6.07, 6.45) is 0. The van der Waals surface area contributed by atoms with Crippen LogP contribution in [0.3, 0.4) is 0 Å². The van der Waals surface area contributed by atoms with Gasteiger partial charge in [0.15, 0.2) is 0 Å². The number of benzene rings is 5. The van der Waals surface area contributed by atoms with E-state index < -0.39 is 0 Å². The molecule has 2 heterocycles. The normalized spacial score (nSPS) is 13.3. The zero-order valence-electron chi connectivity index (χ0n) is 21.6. The summed E-state index contributed by atoms with van der Waals surface area (Å²) in [7, 11) is 0. The monoisotopic (exact) mass is 489 g/mol. The number of aryl methyl sites for hydroxylation is 1. The van der Waals surface area contributed by atoms with Gasteiger partial charge in [-0.2, -0.15) is 0 Å². The lowest BCUT2D eigenvalue weighted by atomic mass is 9.35. The molecule has 0 aliphatic carbocycles. The van der Waals surface area contributed by atoms with Gasteiger partial charge >= 0.3 is 0 Å². The smallest absolute Gasteiger partial charge is 0.292 e. The highest BCUT2D eigenvalue weighted by Gasteiger charge is 2.40. The van der Waals surface area contributed by atoms with Crippen LogP contribution in [0, 0.1) is 6.92 Å². The van der Waals surface area contributed by atoms with Crippen molar-refractivity contribution < 1.29 is 4.42 Å². The molecule has 1 aliphatic heterocycles. The molecule has 0 unspecified atom stereocenters. The molecule has 0 spiro atoms. The van der Waals surface area contributed by atoms with Crippen molar-refractivity contribution >= 4 is 51.3 Å².